The van der Waals surface area contributed by atoms with E-state index >= 15 is 0 Å². The van der Waals surface area contributed by atoms with Crippen LogP contribution >= 0.6 is 11.3 Å². The molecule has 0 amide bonds. The number of pyridine rings is 1. The highest BCUT2D eigenvalue weighted by Gasteiger charge is 2.11. The van der Waals surface area contributed by atoms with E-state index in [-0.39, 0.29) is 0 Å². The van der Waals surface area contributed by atoms with Gasteiger partial charge in [0.2, 0.25) is 0 Å². The van der Waals surface area contributed by atoms with Crippen molar-refractivity contribution in [3.63, 3.8) is 0 Å². The molecule has 0 fully saturated rings. The molecule has 2 heteroatoms. The molecule has 5 aromatic rings. The summed E-state index contributed by atoms with van der Waals surface area (Å²) in [4.78, 5) is 4.67. The van der Waals surface area contributed by atoms with E-state index in [0.717, 1.165) is 5.52 Å². The van der Waals surface area contributed by atoms with Crippen LogP contribution in [0.4, 0.5) is 0 Å². The molecule has 0 saturated carbocycles. The lowest BCUT2D eigenvalue weighted by Crippen LogP contribution is -1.82. The van der Waals surface area contributed by atoms with E-state index in [0.29, 0.717) is 0 Å². The molecular weight excluding hydrogens is 274 g/mol. The van der Waals surface area contributed by atoms with Crippen LogP contribution in [-0.4, -0.2) is 4.98 Å². The zero-order valence-electron chi connectivity index (χ0n) is 11.2. The predicted molar refractivity (Wildman–Crippen MR) is 92.1 cm³/mol. The fourth-order valence-electron chi connectivity index (χ4n) is 3.17. The summed E-state index contributed by atoms with van der Waals surface area (Å²) in [6.45, 7) is 0. The highest BCUT2D eigenvalue weighted by Crippen LogP contribution is 2.39. The van der Waals surface area contributed by atoms with Crippen molar-refractivity contribution in [3.8, 4) is 0 Å². The molecule has 0 aliphatic heterocycles. The van der Waals surface area contributed by atoms with Gasteiger partial charge in [-0.3, -0.25) is 4.98 Å². The normalized spacial score (nSPS) is 11.8. The summed E-state index contributed by atoms with van der Waals surface area (Å²) in [7, 11) is 0. The number of nitrogens with zero attached hydrogens (tertiary/aromatic N) is 1. The Morgan fingerprint density at radius 3 is 2.43 bits per heavy atom. The van der Waals surface area contributed by atoms with E-state index in [4.69, 9.17) is 0 Å². The van der Waals surface area contributed by atoms with Gasteiger partial charge in [-0.25, -0.2) is 0 Å². The van der Waals surface area contributed by atoms with Gasteiger partial charge >= 0.3 is 0 Å². The lowest BCUT2D eigenvalue weighted by molar-refractivity contribution is 1.46. The topological polar surface area (TPSA) is 12.9 Å². The average Bonchev–Trinajstić information content (AvgIpc) is 2.93. The quantitative estimate of drug-likeness (QED) is 0.330. The van der Waals surface area contributed by atoms with Crippen molar-refractivity contribution >= 4 is 53.2 Å². The van der Waals surface area contributed by atoms with Crippen LogP contribution in [0.25, 0.3) is 41.8 Å². The first-order valence-corrected chi connectivity index (χ1v) is 7.81. The molecule has 0 bridgehead atoms. The Labute approximate surface area is 125 Å². The van der Waals surface area contributed by atoms with E-state index in [1.165, 1.54) is 36.3 Å². The van der Waals surface area contributed by atoms with E-state index in [9.17, 15) is 0 Å². The van der Waals surface area contributed by atoms with E-state index < -0.39 is 0 Å². The van der Waals surface area contributed by atoms with Crippen molar-refractivity contribution in [1.29, 1.82) is 0 Å². The summed E-state index contributed by atoms with van der Waals surface area (Å²) < 4.78 is 2.59. The molecular formula is C19H11NS. The first kappa shape index (κ1) is 11.2. The maximum Gasteiger partial charge on any atom is 0.0715 e. The summed E-state index contributed by atoms with van der Waals surface area (Å²) in [6.07, 6.45) is 2.01. The van der Waals surface area contributed by atoms with Crippen LogP contribution in [0.5, 0.6) is 0 Å². The van der Waals surface area contributed by atoms with Gasteiger partial charge in [-0.2, -0.15) is 0 Å². The molecule has 21 heavy (non-hydrogen) atoms. The second-order valence-electron chi connectivity index (χ2n) is 5.28. The summed E-state index contributed by atoms with van der Waals surface area (Å²) in [5, 5.41) is 6.52. The van der Waals surface area contributed by atoms with Gasteiger partial charge in [0.1, 0.15) is 0 Å². The number of thiophene rings is 1. The number of aromatic nitrogens is 1. The molecule has 0 saturated heterocycles. The van der Waals surface area contributed by atoms with Gasteiger partial charge in [0.05, 0.1) is 10.2 Å². The Hall–Kier alpha value is -2.45. The van der Waals surface area contributed by atoms with Crippen LogP contribution < -0.4 is 0 Å². The molecule has 0 atom stereocenters. The molecule has 0 aliphatic carbocycles. The molecule has 0 aliphatic rings. The summed E-state index contributed by atoms with van der Waals surface area (Å²) in [5.74, 6) is 0. The Balaban J connectivity index is 2.19. The second kappa shape index (κ2) is 4.03. The highest BCUT2D eigenvalue weighted by atomic mass is 32.1. The van der Waals surface area contributed by atoms with Crippen LogP contribution in [0.15, 0.2) is 66.9 Å². The fraction of sp³-hybridized carbons (Fsp3) is 0. The third kappa shape index (κ3) is 1.48. The zero-order valence-corrected chi connectivity index (χ0v) is 12.0. The first-order valence-electron chi connectivity index (χ1n) is 6.99. The van der Waals surface area contributed by atoms with Gasteiger partial charge in [-0.15, -0.1) is 11.3 Å². The summed E-state index contributed by atoms with van der Waals surface area (Å²) in [5.41, 5.74) is 1.07. The van der Waals surface area contributed by atoms with Crippen LogP contribution in [0.3, 0.4) is 0 Å². The number of hydrogen-bond acceptors (Lipinski definition) is 2. The van der Waals surface area contributed by atoms with E-state index in [2.05, 4.69) is 65.6 Å². The Morgan fingerprint density at radius 2 is 1.48 bits per heavy atom. The minimum Gasteiger partial charge on any atom is -0.255 e. The minimum absolute atomic E-state index is 1.07. The first-order chi connectivity index (χ1) is 10.4. The standard InChI is InChI=1S/C19H11NS/c1-2-6-13-12(5-1)9-10-15-18(13)19-14-7-3-4-8-16(14)21-17(19)11-20-15/h1-11H. The van der Waals surface area contributed by atoms with Gasteiger partial charge in [0, 0.05) is 27.1 Å². The SMILES string of the molecule is c1ccc2c(c1)ccc1ncc3sc4ccccc4c3c12. The number of rotatable bonds is 0. The van der Waals surface area contributed by atoms with E-state index in [1.807, 2.05) is 17.5 Å². The molecule has 98 valence electrons. The molecule has 5 rings (SSSR count). The Morgan fingerprint density at radius 1 is 0.667 bits per heavy atom. The molecule has 3 aromatic carbocycles. The molecule has 2 aromatic heterocycles. The van der Waals surface area contributed by atoms with Crippen molar-refractivity contribution in [2.75, 3.05) is 0 Å². The minimum atomic E-state index is 1.07. The largest absolute Gasteiger partial charge is 0.255 e. The fourth-order valence-corrected chi connectivity index (χ4v) is 4.25. The van der Waals surface area contributed by atoms with Crippen molar-refractivity contribution in [3.05, 3.63) is 66.9 Å². The third-order valence-electron chi connectivity index (χ3n) is 4.10. The lowest BCUT2D eigenvalue weighted by atomic mass is 10.0. The van der Waals surface area contributed by atoms with Crippen molar-refractivity contribution in [1.82, 2.24) is 4.98 Å². The molecule has 2 heterocycles. The number of benzene rings is 3. The monoisotopic (exact) mass is 285 g/mol. The van der Waals surface area contributed by atoms with Crippen molar-refractivity contribution < 1.29 is 0 Å². The molecule has 0 spiro atoms. The van der Waals surface area contributed by atoms with Gasteiger partial charge in [0.15, 0.2) is 0 Å². The third-order valence-corrected chi connectivity index (χ3v) is 5.21. The van der Waals surface area contributed by atoms with Crippen molar-refractivity contribution in [2.24, 2.45) is 0 Å². The van der Waals surface area contributed by atoms with Crippen LogP contribution in [0.2, 0.25) is 0 Å². The van der Waals surface area contributed by atoms with Gasteiger partial charge in [0.25, 0.3) is 0 Å². The Kier molecular flexibility index (Phi) is 2.15. The molecule has 1 nitrogen and oxygen atoms in total. The maximum atomic E-state index is 4.67. The highest BCUT2D eigenvalue weighted by molar-refractivity contribution is 7.26. The number of hydrogen-bond donors (Lipinski definition) is 0. The summed E-state index contributed by atoms with van der Waals surface area (Å²) in [6, 6.07) is 21.5. The smallest absolute Gasteiger partial charge is 0.0715 e. The van der Waals surface area contributed by atoms with Crippen LogP contribution in [0, 0.1) is 0 Å². The lowest BCUT2D eigenvalue weighted by Gasteiger charge is -2.05. The van der Waals surface area contributed by atoms with Gasteiger partial charge in [-0.1, -0.05) is 48.5 Å². The maximum absolute atomic E-state index is 4.67. The summed E-state index contributed by atoms with van der Waals surface area (Å²) >= 11 is 1.82. The number of fused-ring (bicyclic) bond motifs is 7. The molecule has 0 unspecified atom stereocenters. The second-order valence-corrected chi connectivity index (χ2v) is 6.36. The van der Waals surface area contributed by atoms with E-state index in [1.54, 1.807) is 0 Å². The molecule has 0 radical (unpaired) electrons. The van der Waals surface area contributed by atoms with Crippen LogP contribution in [0.1, 0.15) is 0 Å². The molecule has 0 N–H and O–H groups in total. The van der Waals surface area contributed by atoms with Crippen LogP contribution in [-0.2, 0) is 0 Å². The average molecular weight is 285 g/mol. The van der Waals surface area contributed by atoms with Gasteiger partial charge < -0.3 is 0 Å². The van der Waals surface area contributed by atoms with Gasteiger partial charge in [-0.05, 0) is 22.9 Å². The van der Waals surface area contributed by atoms with Crippen molar-refractivity contribution in [2.45, 2.75) is 0 Å². The predicted octanol–water partition coefficient (Wildman–Crippen LogP) is 5.76. The Bertz CT molecular complexity index is 1140. The zero-order chi connectivity index (χ0) is 13.8.